The summed E-state index contributed by atoms with van der Waals surface area (Å²) in [6, 6.07) is 4.95. The zero-order chi connectivity index (χ0) is 14.3. The van der Waals surface area contributed by atoms with E-state index in [1.807, 2.05) is 6.92 Å². The second-order valence-electron chi connectivity index (χ2n) is 4.22. The van der Waals surface area contributed by atoms with Crippen LogP contribution in [0.2, 0.25) is 0 Å². The molecule has 1 amide bonds. The van der Waals surface area contributed by atoms with Gasteiger partial charge in [0.1, 0.15) is 5.75 Å². The van der Waals surface area contributed by atoms with Crippen LogP contribution in [0.5, 0.6) is 5.75 Å². The molecule has 0 radical (unpaired) electrons. The van der Waals surface area contributed by atoms with Crippen molar-refractivity contribution >= 4 is 11.6 Å². The maximum absolute atomic E-state index is 11.9. The van der Waals surface area contributed by atoms with Gasteiger partial charge in [0.15, 0.2) is 0 Å². The number of nitrogens with one attached hydrogen (secondary N) is 1. The van der Waals surface area contributed by atoms with Crippen LogP contribution < -0.4 is 15.8 Å². The van der Waals surface area contributed by atoms with Gasteiger partial charge in [0.25, 0.3) is 5.91 Å². The number of nitrogens with two attached hydrogens (primary N) is 1. The molecule has 0 atom stereocenters. The number of rotatable bonds is 7. The Morgan fingerprint density at radius 1 is 1.47 bits per heavy atom. The van der Waals surface area contributed by atoms with Gasteiger partial charge in [-0.25, -0.2) is 0 Å². The average molecular weight is 264 g/mol. The summed E-state index contributed by atoms with van der Waals surface area (Å²) in [4.78, 5) is 11.9. The van der Waals surface area contributed by atoms with Crippen molar-refractivity contribution in [3.8, 4) is 5.75 Å². The van der Waals surface area contributed by atoms with Gasteiger partial charge in [-0.2, -0.15) is 0 Å². The molecule has 0 aliphatic carbocycles. The van der Waals surface area contributed by atoms with Crippen LogP contribution in [0.25, 0.3) is 0 Å². The molecule has 0 aliphatic rings. The van der Waals surface area contributed by atoms with Gasteiger partial charge in [-0.3, -0.25) is 4.79 Å². The third-order valence-corrected chi connectivity index (χ3v) is 2.38. The second-order valence-corrected chi connectivity index (χ2v) is 4.22. The summed E-state index contributed by atoms with van der Waals surface area (Å²) in [6.07, 6.45) is 0. The Hall–Kier alpha value is -2.01. The lowest BCUT2D eigenvalue weighted by atomic mass is 10.1. The number of nitrogen functional groups attached to an aromatic ring is 1. The largest absolute Gasteiger partial charge is 0.497 e. The highest BCUT2D eigenvalue weighted by Crippen LogP contribution is 2.19. The molecule has 0 saturated carbocycles. The standard InChI is InChI=1S/C14H20N2O3/c1-10(2)9-19-7-6-16-14(17)12-5-4-11(18-3)8-13(12)15/h4-5,8H,1,6-7,9,15H2,2-3H3,(H,16,17). The summed E-state index contributed by atoms with van der Waals surface area (Å²) >= 11 is 0. The number of carbonyl (C=O) groups excluding carboxylic acids is 1. The molecule has 0 bridgehead atoms. The Bertz CT molecular complexity index is 458. The zero-order valence-electron chi connectivity index (χ0n) is 11.4. The first-order valence-corrected chi connectivity index (χ1v) is 5.98. The Morgan fingerprint density at radius 3 is 2.79 bits per heavy atom. The van der Waals surface area contributed by atoms with E-state index in [4.69, 9.17) is 15.2 Å². The van der Waals surface area contributed by atoms with Crippen LogP contribution in [0.3, 0.4) is 0 Å². The number of anilines is 1. The molecular formula is C14H20N2O3. The maximum Gasteiger partial charge on any atom is 0.253 e. The van der Waals surface area contributed by atoms with Crippen molar-refractivity contribution in [3.63, 3.8) is 0 Å². The lowest BCUT2D eigenvalue weighted by Gasteiger charge is -2.09. The summed E-state index contributed by atoms with van der Waals surface area (Å²) in [7, 11) is 1.55. The molecule has 0 aliphatic heterocycles. The van der Waals surface area contributed by atoms with Gasteiger partial charge in [-0.1, -0.05) is 12.2 Å². The summed E-state index contributed by atoms with van der Waals surface area (Å²) in [6.45, 7) is 6.98. The molecule has 0 heterocycles. The predicted octanol–water partition coefficient (Wildman–Crippen LogP) is 1.60. The van der Waals surface area contributed by atoms with Crippen molar-refractivity contribution < 1.29 is 14.3 Å². The van der Waals surface area contributed by atoms with Crippen molar-refractivity contribution in [2.75, 3.05) is 32.6 Å². The van der Waals surface area contributed by atoms with Crippen LogP contribution in [0.1, 0.15) is 17.3 Å². The van der Waals surface area contributed by atoms with Crippen molar-refractivity contribution in [1.82, 2.24) is 5.32 Å². The van der Waals surface area contributed by atoms with E-state index < -0.39 is 0 Å². The molecule has 0 aromatic heterocycles. The number of hydrogen-bond donors (Lipinski definition) is 2. The van der Waals surface area contributed by atoms with Crippen molar-refractivity contribution in [2.45, 2.75) is 6.92 Å². The van der Waals surface area contributed by atoms with Gasteiger partial charge in [0.2, 0.25) is 0 Å². The minimum absolute atomic E-state index is 0.223. The number of benzene rings is 1. The fraction of sp³-hybridized carbons (Fsp3) is 0.357. The lowest BCUT2D eigenvalue weighted by molar-refractivity contribution is 0.0927. The van der Waals surface area contributed by atoms with Crippen molar-refractivity contribution in [2.24, 2.45) is 0 Å². The van der Waals surface area contributed by atoms with Gasteiger partial charge in [-0.15, -0.1) is 0 Å². The van der Waals surface area contributed by atoms with Crippen LogP contribution in [-0.4, -0.2) is 32.8 Å². The number of ether oxygens (including phenoxy) is 2. The van der Waals surface area contributed by atoms with E-state index >= 15 is 0 Å². The van der Waals surface area contributed by atoms with E-state index in [0.717, 1.165) is 5.57 Å². The van der Waals surface area contributed by atoms with Crippen molar-refractivity contribution in [3.05, 3.63) is 35.9 Å². The average Bonchev–Trinajstić information content (AvgIpc) is 2.37. The van der Waals surface area contributed by atoms with E-state index in [2.05, 4.69) is 11.9 Å². The van der Waals surface area contributed by atoms with E-state index in [9.17, 15) is 4.79 Å². The fourth-order valence-corrected chi connectivity index (χ4v) is 1.45. The highest BCUT2D eigenvalue weighted by Gasteiger charge is 2.09. The minimum atomic E-state index is -0.223. The van der Waals surface area contributed by atoms with Gasteiger partial charge in [-0.05, 0) is 19.1 Å². The summed E-state index contributed by atoms with van der Waals surface area (Å²) < 4.78 is 10.3. The van der Waals surface area contributed by atoms with Crippen LogP contribution in [0, 0.1) is 0 Å². The first-order valence-electron chi connectivity index (χ1n) is 5.98. The van der Waals surface area contributed by atoms with Crippen molar-refractivity contribution in [1.29, 1.82) is 0 Å². The molecule has 0 fully saturated rings. The second kappa shape index (κ2) is 7.43. The highest BCUT2D eigenvalue weighted by molar-refractivity contribution is 5.99. The number of hydrogen-bond acceptors (Lipinski definition) is 4. The number of amides is 1. The highest BCUT2D eigenvalue weighted by atomic mass is 16.5. The van der Waals surface area contributed by atoms with E-state index in [1.54, 1.807) is 25.3 Å². The smallest absolute Gasteiger partial charge is 0.253 e. The Kier molecular flexibility index (Phi) is 5.89. The fourth-order valence-electron chi connectivity index (χ4n) is 1.45. The molecule has 3 N–H and O–H groups in total. The summed E-state index contributed by atoms with van der Waals surface area (Å²) in [5.41, 5.74) is 7.55. The quantitative estimate of drug-likeness (QED) is 0.445. The lowest BCUT2D eigenvalue weighted by Crippen LogP contribution is -2.28. The minimum Gasteiger partial charge on any atom is -0.497 e. The first kappa shape index (κ1) is 15.0. The molecule has 0 saturated heterocycles. The Morgan fingerprint density at radius 2 is 2.21 bits per heavy atom. The SMILES string of the molecule is C=C(C)COCCNC(=O)c1ccc(OC)cc1N. The molecule has 0 spiro atoms. The molecule has 1 aromatic carbocycles. The molecular weight excluding hydrogens is 244 g/mol. The van der Waals surface area contributed by atoms with Crippen LogP contribution in [0.15, 0.2) is 30.4 Å². The van der Waals surface area contributed by atoms with Gasteiger partial charge in [0.05, 0.1) is 25.9 Å². The topological polar surface area (TPSA) is 73.6 Å². The van der Waals surface area contributed by atoms with Crippen LogP contribution in [-0.2, 0) is 4.74 Å². The third kappa shape index (κ3) is 5.01. The van der Waals surface area contributed by atoms with Crippen LogP contribution in [0.4, 0.5) is 5.69 Å². The molecule has 5 nitrogen and oxygen atoms in total. The monoisotopic (exact) mass is 264 g/mol. The Labute approximate surface area is 113 Å². The third-order valence-electron chi connectivity index (χ3n) is 2.38. The maximum atomic E-state index is 11.9. The first-order chi connectivity index (χ1) is 9.04. The van der Waals surface area contributed by atoms with Gasteiger partial charge in [0, 0.05) is 18.3 Å². The molecule has 19 heavy (non-hydrogen) atoms. The van der Waals surface area contributed by atoms with Crippen LogP contribution >= 0.6 is 0 Å². The molecule has 104 valence electrons. The number of carbonyl (C=O) groups is 1. The molecule has 1 rings (SSSR count). The number of methoxy groups -OCH3 is 1. The zero-order valence-corrected chi connectivity index (χ0v) is 11.4. The Balaban J connectivity index is 2.43. The van der Waals surface area contributed by atoms with Gasteiger partial charge < -0.3 is 20.5 Å². The van der Waals surface area contributed by atoms with E-state index in [0.29, 0.717) is 36.8 Å². The molecule has 0 unspecified atom stereocenters. The van der Waals surface area contributed by atoms with Gasteiger partial charge >= 0.3 is 0 Å². The molecule has 1 aromatic rings. The van der Waals surface area contributed by atoms with E-state index in [1.165, 1.54) is 0 Å². The predicted molar refractivity (Wildman–Crippen MR) is 75.4 cm³/mol. The normalized spacial score (nSPS) is 10.0. The summed E-state index contributed by atoms with van der Waals surface area (Å²) in [5.74, 6) is 0.401. The molecule has 5 heteroatoms. The van der Waals surface area contributed by atoms with E-state index in [-0.39, 0.29) is 5.91 Å². The summed E-state index contributed by atoms with van der Waals surface area (Å²) in [5, 5.41) is 2.74.